The number of benzene rings is 2. The first kappa shape index (κ1) is 18.4. The number of fused-ring (bicyclic) bond motifs is 1. The summed E-state index contributed by atoms with van der Waals surface area (Å²) in [4.78, 5) is 24.6. The van der Waals surface area contributed by atoms with Crippen LogP contribution in [-0.4, -0.2) is 41.2 Å². The molecule has 6 nitrogen and oxygen atoms in total. The Bertz CT molecular complexity index is 809. The second-order valence-electron chi connectivity index (χ2n) is 6.14. The summed E-state index contributed by atoms with van der Waals surface area (Å²) in [6.45, 7) is -0.271. The van der Waals surface area contributed by atoms with Crippen molar-refractivity contribution in [3.63, 3.8) is 0 Å². The number of halogens is 1. The lowest BCUT2D eigenvalue weighted by Crippen LogP contribution is -2.48. The van der Waals surface area contributed by atoms with Crippen LogP contribution in [0.5, 0.6) is 0 Å². The van der Waals surface area contributed by atoms with E-state index in [1.54, 1.807) is 48.5 Å². The molecule has 2 aromatic rings. The van der Waals surface area contributed by atoms with Crippen LogP contribution in [0.4, 0.5) is 0 Å². The van der Waals surface area contributed by atoms with Crippen LogP contribution in [0.15, 0.2) is 48.5 Å². The van der Waals surface area contributed by atoms with Gasteiger partial charge in [-0.1, -0.05) is 41.9 Å². The molecule has 3 unspecified atom stereocenters. The van der Waals surface area contributed by atoms with Crippen molar-refractivity contribution in [3.05, 3.63) is 70.2 Å². The molecule has 136 valence electrons. The summed E-state index contributed by atoms with van der Waals surface area (Å²) in [5.74, 6) is -1.18. The van der Waals surface area contributed by atoms with E-state index in [2.05, 4.69) is 10.6 Å². The molecule has 1 heterocycles. The van der Waals surface area contributed by atoms with Crippen LogP contribution in [0.2, 0.25) is 5.02 Å². The van der Waals surface area contributed by atoms with Crippen molar-refractivity contribution >= 4 is 23.4 Å². The molecule has 3 rings (SSSR count). The molecule has 0 aromatic heterocycles. The number of amides is 2. The summed E-state index contributed by atoms with van der Waals surface area (Å²) in [6, 6.07) is 12.6. The number of aliphatic hydroxyl groups is 2. The fourth-order valence-electron chi connectivity index (χ4n) is 3.04. The van der Waals surface area contributed by atoms with Gasteiger partial charge in [-0.25, -0.2) is 0 Å². The van der Waals surface area contributed by atoms with Gasteiger partial charge >= 0.3 is 0 Å². The minimum atomic E-state index is -1.09. The Morgan fingerprint density at radius 3 is 2.62 bits per heavy atom. The van der Waals surface area contributed by atoms with Gasteiger partial charge in [0.05, 0.1) is 18.6 Å². The Kier molecular flexibility index (Phi) is 5.56. The van der Waals surface area contributed by atoms with Gasteiger partial charge in [0, 0.05) is 17.1 Å². The number of carbonyl (C=O) groups excluding carboxylic acids is 2. The average molecular weight is 375 g/mol. The number of rotatable bonds is 5. The van der Waals surface area contributed by atoms with Gasteiger partial charge in [0.2, 0.25) is 5.91 Å². The summed E-state index contributed by atoms with van der Waals surface area (Å²) in [7, 11) is 0. The van der Waals surface area contributed by atoms with Gasteiger partial charge in [0.15, 0.2) is 0 Å². The molecule has 0 radical (unpaired) electrons. The Morgan fingerprint density at radius 2 is 1.92 bits per heavy atom. The van der Waals surface area contributed by atoms with E-state index in [1.807, 2.05) is 0 Å². The monoisotopic (exact) mass is 374 g/mol. The molecule has 1 aliphatic heterocycles. The number of hydrogen-bond acceptors (Lipinski definition) is 4. The highest BCUT2D eigenvalue weighted by atomic mass is 35.5. The minimum absolute atomic E-state index is 0.164. The minimum Gasteiger partial charge on any atom is -0.394 e. The zero-order valence-electron chi connectivity index (χ0n) is 13.9. The molecule has 2 amide bonds. The van der Waals surface area contributed by atoms with E-state index in [0.717, 1.165) is 0 Å². The first-order valence-corrected chi connectivity index (χ1v) is 8.61. The zero-order chi connectivity index (χ0) is 18.7. The van der Waals surface area contributed by atoms with E-state index in [1.165, 1.54) is 0 Å². The fourth-order valence-corrected chi connectivity index (χ4v) is 3.17. The van der Waals surface area contributed by atoms with Crippen molar-refractivity contribution in [2.75, 3.05) is 13.2 Å². The summed E-state index contributed by atoms with van der Waals surface area (Å²) in [5, 5.41) is 26.0. The zero-order valence-corrected chi connectivity index (χ0v) is 14.6. The van der Waals surface area contributed by atoms with Gasteiger partial charge in [-0.3, -0.25) is 9.59 Å². The summed E-state index contributed by atoms with van der Waals surface area (Å²) < 4.78 is 0. The SMILES string of the molecule is O=C1NCC(C(=O)NC(CO)C(O)c2ccc(Cl)cc2)c2ccccc21. The van der Waals surface area contributed by atoms with E-state index in [0.29, 0.717) is 21.7 Å². The lowest BCUT2D eigenvalue weighted by Gasteiger charge is -2.28. The maximum absolute atomic E-state index is 12.7. The Labute approximate surface area is 155 Å². The maximum atomic E-state index is 12.7. The number of nitrogens with one attached hydrogen (secondary N) is 2. The van der Waals surface area contributed by atoms with Gasteiger partial charge in [0.25, 0.3) is 5.91 Å². The van der Waals surface area contributed by atoms with Crippen molar-refractivity contribution in [3.8, 4) is 0 Å². The van der Waals surface area contributed by atoms with Gasteiger partial charge in [-0.2, -0.15) is 0 Å². The molecule has 7 heteroatoms. The van der Waals surface area contributed by atoms with Gasteiger partial charge < -0.3 is 20.8 Å². The molecule has 0 aliphatic carbocycles. The predicted octanol–water partition coefficient (Wildman–Crippen LogP) is 1.38. The molecule has 0 saturated heterocycles. The van der Waals surface area contributed by atoms with Crippen molar-refractivity contribution in [2.24, 2.45) is 0 Å². The third-order valence-corrected chi connectivity index (χ3v) is 4.73. The summed E-state index contributed by atoms with van der Waals surface area (Å²) in [6.07, 6.45) is -1.09. The van der Waals surface area contributed by atoms with Gasteiger partial charge in [0.1, 0.15) is 6.10 Å². The number of aliphatic hydroxyl groups excluding tert-OH is 2. The lowest BCUT2D eigenvalue weighted by atomic mass is 9.89. The lowest BCUT2D eigenvalue weighted by molar-refractivity contribution is -0.124. The molecule has 0 fully saturated rings. The van der Waals surface area contributed by atoms with E-state index < -0.39 is 24.7 Å². The normalized spacial score (nSPS) is 18.4. The van der Waals surface area contributed by atoms with Gasteiger partial charge in [-0.05, 0) is 29.3 Å². The Morgan fingerprint density at radius 1 is 1.23 bits per heavy atom. The third-order valence-electron chi connectivity index (χ3n) is 4.48. The molecule has 0 spiro atoms. The van der Waals surface area contributed by atoms with E-state index in [-0.39, 0.29) is 18.4 Å². The summed E-state index contributed by atoms with van der Waals surface area (Å²) in [5.41, 5.74) is 1.62. The highest BCUT2D eigenvalue weighted by Gasteiger charge is 2.32. The topological polar surface area (TPSA) is 98.7 Å². The first-order valence-electron chi connectivity index (χ1n) is 8.23. The highest BCUT2D eigenvalue weighted by molar-refractivity contribution is 6.30. The second kappa shape index (κ2) is 7.86. The smallest absolute Gasteiger partial charge is 0.251 e. The molecule has 0 saturated carbocycles. The first-order chi connectivity index (χ1) is 12.5. The fraction of sp³-hybridized carbons (Fsp3) is 0.263. The van der Waals surface area contributed by atoms with Crippen LogP contribution < -0.4 is 10.6 Å². The van der Waals surface area contributed by atoms with Gasteiger partial charge in [-0.15, -0.1) is 0 Å². The second-order valence-corrected chi connectivity index (χ2v) is 6.58. The largest absolute Gasteiger partial charge is 0.394 e. The molecule has 2 aromatic carbocycles. The average Bonchev–Trinajstić information content (AvgIpc) is 2.66. The molecule has 0 bridgehead atoms. The van der Waals surface area contributed by atoms with Crippen molar-refractivity contribution in [1.29, 1.82) is 0 Å². The quantitative estimate of drug-likeness (QED) is 0.635. The number of carbonyl (C=O) groups is 2. The van der Waals surface area contributed by atoms with E-state index >= 15 is 0 Å². The Balaban J connectivity index is 1.77. The van der Waals surface area contributed by atoms with Crippen LogP contribution in [-0.2, 0) is 4.79 Å². The standard InChI is InChI=1S/C19H19ClN2O4/c20-12-7-5-11(6-8-12)17(24)16(10-23)22-19(26)15-9-21-18(25)14-4-2-1-3-13(14)15/h1-8,15-17,23-24H,9-10H2,(H,21,25)(H,22,26). The number of hydrogen-bond donors (Lipinski definition) is 4. The molecular weight excluding hydrogens is 356 g/mol. The van der Waals surface area contributed by atoms with Crippen LogP contribution in [0.1, 0.15) is 33.5 Å². The molecular formula is C19H19ClN2O4. The van der Waals surface area contributed by atoms with Crippen LogP contribution in [0.25, 0.3) is 0 Å². The highest BCUT2D eigenvalue weighted by Crippen LogP contribution is 2.25. The predicted molar refractivity (Wildman–Crippen MR) is 96.9 cm³/mol. The molecule has 3 atom stereocenters. The van der Waals surface area contributed by atoms with E-state index in [9.17, 15) is 19.8 Å². The van der Waals surface area contributed by atoms with Crippen LogP contribution >= 0.6 is 11.6 Å². The molecule has 1 aliphatic rings. The summed E-state index contributed by atoms with van der Waals surface area (Å²) >= 11 is 5.84. The van der Waals surface area contributed by atoms with Crippen molar-refractivity contribution in [2.45, 2.75) is 18.1 Å². The van der Waals surface area contributed by atoms with Crippen LogP contribution in [0, 0.1) is 0 Å². The molecule has 26 heavy (non-hydrogen) atoms. The maximum Gasteiger partial charge on any atom is 0.251 e. The van der Waals surface area contributed by atoms with E-state index in [4.69, 9.17) is 11.6 Å². The molecule has 4 N–H and O–H groups in total. The Hall–Kier alpha value is -2.41. The third kappa shape index (κ3) is 3.72. The van der Waals surface area contributed by atoms with Crippen molar-refractivity contribution in [1.82, 2.24) is 10.6 Å². The van der Waals surface area contributed by atoms with Crippen molar-refractivity contribution < 1.29 is 19.8 Å². The van der Waals surface area contributed by atoms with Crippen LogP contribution in [0.3, 0.4) is 0 Å².